The van der Waals surface area contributed by atoms with Crippen LogP contribution in [0.4, 0.5) is 11.4 Å². The van der Waals surface area contributed by atoms with Crippen molar-refractivity contribution in [1.29, 1.82) is 5.39 Å². The fourth-order valence-corrected chi connectivity index (χ4v) is 0.710. The van der Waals surface area contributed by atoms with Crippen LogP contribution in [-0.4, -0.2) is 10.1 Å². The number of benzene rings is 1. The minimum Gasteiger partial charge on any atom is -0.240 e. The first kappa shape index (κ1) is 10.3. The summed E-state index contributed by atoms with van der Waals surface area (Å²) in [6.07, 6.45) is 0. The van der Waals surface area contributed by atoms with E-state index in [0.29, 0.717) is 0 Å². The highest BCUT2D eigenvalue weighted by atomic mass is 35.5. The summed E-state index contributed by atoms with van der Waals surface area (Å²) in [6, 6.07) is 5.87. The molecule has 0 saturated heterocycles. The normalized spacial score (nSPS) is 7.92. The Morgan fingerprint density at radius 1 is 1.42 bits per heavy atom. The summed E-state index contributed by atoms with van der Waals surface area (Å²) >= 11 is 0. The molecule has 0 aliphatic heterocycles. The van der Waals surface area contributed by atoms with E-state index in [0.717, 1.165) is 0 Å². The first-order valence-corrected chi connectivity index (χ1v) is 2.86. The summed E-state index contributed by atoms with van der Waals surface area (Å²) < 4.78 is 0. The molecule has 0 spiro atoms. The molecular formula is C6H6ClN3O2+2. The third-order valence-electron chi connectivity index (χ3n) is 1.20. The van der Waals surface area contributed by atoms with Gasteiger partial charge in [-0.25, -0.2) is 5.21 Å². The van der Waals surface area contributed by atoms with E-state index in [9.17, 15) is 4.91 Å². The molecule has 0 radical (unpaired) electrons. The van der Waals surface area contributed by atoms with Gasteiger partial charge < -0.3 is 0 Å². The van der Waals surface area contributed by atoms with Crippen molar-refractivity contribution in [3.05, 3.63) is 34.1 Å². The first-order valence-electron chi connectivity index (χ1n) is 2.86. The Kier molecular flexibility index (Phi) is 3.67. The van der Waals surface area contributed by atoms with Gasteiger partial charge in [0.05, 0.1) is 4.91 Å². The van der Waals surface area contributed by atoms with Crippen molar-refractivity contribution in [2.45, 2.75) is 0 Å². The molecule has 5 nitrogen and oxygen atoms in total. The predicted molar refractivity (Wildman–Crippen MR) is 43.5 cm³/mol. The second kappa shape index (κ2) is 4.26. The third kappa shape index (κ3) is 1.90. The van der Waals surface area contributed by atoms with Crippen LogP contribution in [-0.2, 0) is 0 Å². The molecule has 1 N–H and O–H groups in total. The van der Waals surface area contributed by atoms with Crippen LogP contribution in [0, 0.1) is 10.3 Å². The van der Waals surface area contributed by atoms with Gasteiger partial charge >= 0.3 is 11.4 Å². The molecule has 0 heterocycles. The Labute approximate surface area is 74.2 Å². The first-order chi connectivity index (χ1) is 5.25. The summed E-state index contributed by atoms with van der Waals surface area (Å²) in [7, 11) is 0. The minimum atomic E-state index is -0.352. The molecule has 0 aliphatic rings. The Bertz CT molecular complexity index is 334. The lowest BCUT2D eigenvalue weighted by molar-refractivity contribution is -0.729. The van der Waals surface area contributed by atoms with Crippen molar-refractivity contribution in [3.8, 4) is 0 Å². The summed E-state index contributed by atoms with van der Waals surface area (Å²) in [5.74, 6) is 0. The molecule has 0 unspecified atom stereocenters. The molecule has 0 aromatic heterocycles. The zero-order chi connectivity index (χ0) is 8.27. The maximum atomic E-state index is 10.3. The average Bonchev–Trinajstić information content (AvgIpc) is 2.04. The van der Waals surface area contributed by atoms with Gasteiger partial charge in [-0.05, 0) is 0 Å². The van der Waals surface area contributed by atoms with Crippen LogP contribution >= 0.6 is 12.4 Å². The van der Waals surface area contributed by atoms with Gasteiger partial charge in [-0.15, -0.1) is 12.4 Å². The fraction of sp³-hybridized carbons (Fsp3) is 0. The van der Waals surface area contributed by atoms with Crippen LogP contribution < -0.4 is 0 Å². The zero-order valence-electron chi connectivity index (χ0n) is 5.91. The number of para-hydroxylation sites is 1. The Balaban J connectivity index is 0.00000121. The van der Waals surface area contributed by atoms with Gasteiger partial charge in [0, 0.05) is 12.1 Å². The van der Waals surface area contributed by atoms with Crippen molar-refractivity contribution in [1.82, 2.24) is 0 Å². The quantitative estimate of drug-likeness (QED) is 0.542. The molecule has 0 atom stereocenters. The van der Waals surface area contributed by atoms with E-state index in [4.69, 9.17) is 10.6 Å². The van der Waals surface area contributed by atoms with Gasteiger partial charge in [0.2, 0.25) is 5.39 Å². The number of nitrogens with zero attached hydrogens (tertiary/aromatic N) is 3. The molecule has 62 valence electrons. The Morgan fingerprint density at radius 2 is 2.00 bits per heavy atom. The van der Waals surface area contributed by atoms with Crippen LogP contribution in [0.5, 0.6) is 0 Å². The van der Waals surface area contributed by atoms with Gasteiger partial charge in [0.25, 0.3) is 4.92 Å². The third-order valence-corrected chi connectivity index (χ3v) is 1.20. The van der Waals surface area contributed by atoms with E-state index in [1.54, 1.807) is 12.1 Å². The van der Waals surface area contributed by atoms with Gasteiger partial charge in [0.15, 0.2) is 4.98 Å². The number of diazo groups is 1. The van der Waals surface area contributed by atoms with E-state index in [1.165, 1.54) is 12.1 Å². The minimum absolute atomic E-state index is 0. The molecule has 0 bridgehead atoms. The van der Waals surface area contributed by atoms with Crippen molar-refractivity contribution in [3.63, 3.8) is 0 Å². The maximum absolute atomic E-state index is 10.3. The van der Waals surface area contributed by atoms with Crippen LogP contribution in [0.25, 0.3) is 4.98 Å². The lowest BCUT2D eigenvalue weighted by Gasteiger charge is -1.76. The highest BCUT2D eigenvalue weighted by Gasteiger charge is 2.26. The molecule has 1 aromatic carbocycles. The zero-order valence-corrected chi connectivity index (χ0v) is 6.73. The number of hydrogen-bond acceptors (Lipinski definition) is 2. The van der Waals surface area contributed by atoms with Gasteiger partial charge in [0.1, 0.15) is 0 Å². The average molecular weight is 188 g/mol. The lowest BCUT2D eigenvalue weighted by atomic mass is 10.3. The van der Waals surface area contributed by atoms with Crippen LogP contribution in [0.15, 0.2) is 24.3 Å². The van der Waals surface area contributed by atoms with E-state index in [-0.39, 0.29) is 28.7 Å². The molecule has 0 fully saturated rings. The molecule has 1 aromatic rings. The van der Waals surface area contributed by atoms with Crippen LogP contribution in [0.3, 0.4) is 0 Å². The largest absolute Gasteiger partial charge is 0.465 e. The highest BCUT2D eigenvalue weighted by molar-refractivity contribution is 5.85. The number of halogens is 1. The smallest absolute Gasteiger partial charge is 0.240 e. The highest BCUT2D eigenvalue weighted by Crippen LogP contribution is 2.25. The summed E-state index contributed by atoms with van der Waals surface area (Å²) in [5.41, 5.74) is -0.0556. The number of rotatable bonds is 1. The maximum Gasteiger partial charge on any atom is 0.465 e. The van der Waals surface area contributed by atoms with E-state index in [2.05, 4.69) is 4.98 Å². The summed E-state index contributed by atoms with van der Waals surface area (Å²) in [5, 5.41) is 16.8. The van der Waals surface area contributed by atoms with Gasteiger partial charge in [-0.3, -0.25) is 0 Å². The van der Waals surface area contributed by atoms with Crippen LogP contribution in [0.1, 0.15) is 0 Å². The standard InChI is InChI=1S/C6H5N3O2.ClH/c7-8-5-3-1-2-4-6(5)9(10)11;/h1-4H,(H,10,11);1H/q+2;. The topological polar surface area (TPSA) is 68.5 Å². The summed E-state index contributed by atoms with van der Waals surface area (Å²) in [6.45, 7) is 0. The van der Waals surface area contributed by atoms with Crippen molar-refractivity contribution in [2.24, 2.45) is 0 Å². The van der Waals surface area contributed by atoms with Crippen molar-refractivity contribution < 1.29 is 10.1 Å². The predicted octanol–water partition coefficient (Wildman–Crippen LogP) is 2.39. The Morgan fingerprint density at radius 3 is 2.42 bits per heavy atom. The van der Waals surface area contributed by atoms with E-state index in [1.807, 2.05) is 0 Å². The Hall–Kier alpha value is -1.67. The second-order valence-corrected chi connectivity index (χ2v) is 1.86. The van der Waals surface area contributed by atoms with Gasteiger partial charge in [-0.2, -0.15) is 0 Å². The molecule has 6 heteroatoms. The molecule has 0 saturated carbocycles. The lowest BCUT2D eigenvalue weighted by Crippen LogP contribution is -1.90. The molecule has 0 aliphatic carbocycles. The molecule has 1 rings (SSSR count). The fourth-order valence-electron chi connectivity index (χ4n) is 0.710. The van der Waals surface area contributed by atoms with Crippen molar-refractivity contribution in [2.75, 3.05) is 0 Å². The summed E-state index contributed by atoms with van der Waals surface area (Å²) in [4.78, 5) is 12.8. The number of hydrogen-bond donors (Lipinski definition) is 1. The molecule has 12 heavy (non-hydrogen) atoms. The van der Waals surface area contributed by atoms with Gasteiger partial charge in [-0.1, -0.05) is 12.1 Å². The van der Waals surface area contributed by atoms with E-state index >= 15 is 0 Å². The van der Waals surface area contributed by atoms with E-state index < -0.39 is 0 Å². The van der Waals surface area contributed by atoms with Crippen LogP contribution in [0.2, 0.25) is 0 Å². The SMILES string of the molecule is Cl.N#[N+]c1ccccc1[N+](=O)O. The molecular weight excluding hydrogens is 182 g/mol. The van der Waals surface area contributed by atoms with Crippen molar-refractivity contribution >= 4 is 23.8 Å². The second-order valence-electron chi connectivity index (χ2n) is 1.86. The molecule has 0 amide bonds. The monoisotopic (exact) mass is 187 g/mol.